The maximum atomic E-state index is 11.2. The molecule has 98 valence electrons. The number of ether oxygens (including phenoxy) is 2. The van der Waals surface area contributed by atoms with E-state index in [1.807, 2.05) is 0 Å². The summed E-state index contributed by atoms with van der Waals surface area (Å²) in [4.78, 5) is 11.2. The zero-order chi connectivity index (χ0) is 12.7. The van der Waals surface area contributed by atoms with Crippen LogP contribution in [0.4, 0.5) is 0 Å². The van der Waals surface area contributed by atoms with Gasteiger partial charge >= 0.3 is 0 Å². The smallest absolute Gasteiger partial charge is 0.133 e. The largest absolute Gasteiger partial charge is 0.372 e. The molecule has 0 bridgehead atoms. The molecule has 0 N–H and O–H groups in total. The van der Waals surface area contributed by atoms with Crippen molar-refractivity contribution in [2.45, 2.75) is 83.2 Å². The molecule has 0 aromatic rings. The van der Waals surface area contributed by atoms with Crippen LogP contribution in [0.1, 0.15) is 59.8 Å². The fraction of sp³-hybridized carbons (Fsp3) is 0.929. The standard InChI is InChI=1S/C14H24O3/c1-13(2)9-12(14(3,4)17-13)16-11-7-5-10(15)6-8-11/h11-12H,5-9H2,1-4H3. The lowest BCUT2D eigenvalue weighted by atomic mass is 9.93. The minimum atomic E-state index is -0.217. The van der Waals surface area contributed by atoms with E-state index in [4.69, 9.17) is 9.47 Å². The van der Waals surface area contributed by atoms with Crippen molar-refractivity contribution in [3.05, 3.63) is 0 Å². The third kappa shape index (κ3) is 3.08. The summed E-state index contributed by atoms with van der Waals surface area (Å²) in [5, 5.41) is 0. The number of hydrogen-bond donors (Lipinski definition) is 0. The summed E-state index contributed by atoms with van der Waals surface area (Å²) in [6.07, 6.45) is 4.46. The van der Waals surface area contributed by atoms with Crippen molar-refractivity contribution in [3.63, 3.8) is 0 Å². The van der Waals surface area contributed by atoms with Crippen LogP contribution < -0.4 is 0 Å². The lowest BCUT2D eigenvalue weighted by Gasteiger charge is -2.31. The predicted molar refractivity (Wildman–Crippen MR) is 66.0 cm³/mol. The quantitative estimate of drug-likeness (QED) is 0.744. The van der Waals surface area contributed by atoms with Crippen molar-refractivity contribution in [3.8, 4) is 0 Å². The Bertz CT molecular complexity index is 297. The van der Waals surface area contributed by atoms with Crippen LogP contribution in [-0.2, 0) is 14.3 Å². The van der Waals surface area contributed by atoms with E-state index in [9.17, 15) is 4.79 Å². The number of ketones is 1. The molecule has 0 amide bonds. The summed E-state index contributed by atoms with van der Waals surface area (Å²) in [6, 6.07) is 0. The summed E-state index contributed by atoms with van der Waals surface area (Å²) in [6.45, 7) is 8.42. The SMILES string of the molecule is CC1(C)CC(OC2CCC(=O)CC2)C(C)(C)O1. The first-order chi connectivity index (χ1) is 7.78. The van der Waals surface area contributed by atoms with Gasteiger partial charge in [0.2, 0.25) is 0 Å². The molecule has 1 saturated carbocycles. The molecule has 0 aromatic heterocycles. The zero-order valence-corrected chi connectivity index (χ0v) is 11.4. The first kappa shape index (κ1) is 13.0. The third-order valence-corrected chi connectivity index (χ3v) is 3.84. The zero-order valence-electron chi connectivity index (χ0n) is 11.4. The van der Waals surface area contributed by atoms with Crippen molar-refractivity contribution in [1.82, 2.24) is 0 Å². The molecule has 0 spiro atoms. The Hall–Kier alpha value is -0.410. The summed E-state index contributed by atoms with van der Waals surface area (Å²) in [5.41, 5.74) is -0.316. The van der Waals surface area contributed by atoms with E-state index in [2.05, 4.69) is 27.7 Å². The van der Waals surface area contributed by atoms with Crippen LogP contribution in [-0.4, -0.2) is 29.2 Å². The second kappa shape index (κ2) is 4.36. The minimum Gasteiger partial charge on any atom is -0.372 e. The molecular weight excluding hydrogens is 216 g/mol. The summed E-state index contributed by atoms with van der Waals surface area (Å²) in [5.74, 6) is 0.382. The van der Waals surface area contributed by atoms with Crippen LogP contribution >= 0.6 is 0 Å². The normalized spacial score (nSPS) is 32.9. The van der Waals surface area contributed by atoms with Gasteiger partial charge in [0.15, 0.2) is 0 Å². The molecular formula is C14H24O3. The van der Waals surface area contributed by atoms with Gasteiger partial charge in [-0.15, -0.1) is 0 Å². The maximum absolute atomic E-state index is 11.2. The molecule has 3 heteroatoms. The average molecular weight is 240 g/mol. The molecule has 1 aliphatic heterocycles. The van der Waals surface area contributed by atoms with Gasteiger partial charge in [-0.25, -0.2) is 0 Å². The summed E-state index contributed by atoms with van der Waals surface area (Å²) < 4.78 is 12.2. The molecule has 1 saturated heterocycles. The van der Waals surface area contributed by atoms with Gasteiger partial charge in [-0.2, -0.15) is 0 Å². The molecule has 1 aliphatic carbocycles. The lowest BCUT2D eigenvalue weighted by Crippen LogP contribution is -2.38. The van der Waals surface area contributed by atoms with E-state index in [-0.39, 0.29) is 23.4 Å². The van der Waals surface area contributed by atoms with Crippen molar-refractivity contribution < 1.29 is 14.3 Å². The highest BCUT2D eigenvalue weighted by Gasteiger charge is 2.47. The first-order valence-corrected chi connectivity index (χ1v) is 6.66. The van der Waals surface area contributed by atoms with E-state index in [1.54, 1.807) is 0 Å². The van der Waals surface area contributed by atoms with Gasteiger partial charge in [0.1, 0.15) is 5.78 Å². The van der Waals surface area contributed by atoms with Crippen molar-refractivity contribution in [2.24, 2.45) is 0 Å². The van der Waals surface area contributed by atoms with Gasteiger partial charge in [0, 0.05) is 19.3 Å². The highest BCUT2D eigenvalue weighted by atomic mass is 16.6. The van der Waals surface area contributed by atoms with Crippen LogP contribution in [0.3, 0.4) is 0 Å². The second-order valence-corrected chi connectivity index (χ2v) is 6.53. The molecule has 1 atom stereocenters. The highest BCUT2D eigenvalue weighted by molar-refractivity contribution is 5.79. The number of Topliss-reactive ketones (excluding diaryl/α,β-unsaturated/α-hetero) is 1. The van der Waals surface area contributed by atoms with Gasteiger partial charge in [-0.3, -0.25) is 4.79 Å². The van der Waals surface area contributed by atoms with Crippen LogP contribution in [0.5, 0.6) is 0 Å². The average Bonchev–Trinajstić information content (AvgIpc) is 2.38. The Kier molecular flexibility index (Phi) is 3.34. The van der Waals surface area contributed by atoms with E-state index >= 15 is 0 Å². The van der Waals surface area contributed by atoms with Crippen molar-refractivity contribution in [2.75, 3.05) is 0 Å². The van der Waals surface area contributed by atoms with Gasteiger partial charge in [0.25, 0.3) is 0 Å². The van der Waals surface area contributed by atoms with Gasteiger partial charge in [0.05, 0.1) is 23.4 Å². The fourth-order valence-electron chi connectivity index (χ4n) is 3.01. The van der Waals surface area contributed by atoms with Crippen molar-refractivity contribution >= 4 is 5.78 Å². The Balaban J connectivity index is 1.93. The van der Waals surface area contributed by atoms with Gasteiger partial charge < -0.3 is 9.47 Å². The Morgan fingerprint density at radius 1 is 1.18 bits per heavy atom. The molecule has 1 heterocycles. The summed E-state index contributed by atoms with van der Waals surface area (Å²) >= 11 is 0. The molecule has 2 aliphatic rings. The monoisotopic (exact) mass is 240 g/mol. The minimum absolute atomic E-state index is 0.0986. The number of hydrogen-bond acceptors (Lipinski definition) is 3. The topological polar surface area (TPSA) is 35.5 Å². The molecule has 3 nitrogen and oxygen atoms in total. The van der Waals surface area contributed by atoms with E-state index in [0.717, 1.165) is 19.3 Å². The number of carbonyl (C=O) groups is 1. The molecule has 0 aromatic carbocycles. The van der Waals surface area contributed by atoms with Crippen LogP contribution in [0.15, 0.2) is 0 Å². The molecule has 1 unspecified atom stereocenters. The maximum Gasteiger partial charge on any atom is 0.133 e. The predicted octanol–water partition coefficient (Wildman–Crippen LogP) is 2.86. The van der Waals surface area contributed by atoms with E-state index < -0.39 is 0 Å². The number of carbonyl (C=O) groups excluding carboxylic acids is 1. The Labute approximate surface area is 104 Å². The van der Waals surface area contributed by atoms with E-state index in [1.165, 1.54) is 0 Å². The second-order valence-electron chi connectivity index (χ2n) is 6.53. The van der Waals surface area contributed by atoms with Crippen LogP contribution in [0, 0.1) is 0 Å². The summed E-state index contributed by atoms with van der Waals surface area (Å²) in [7, 11) is 0. The van der Waals surface area contributed by atoms with Crippen molar-refractivity contribution in [1.29, 1.82) is 0 Å². The lowest BCUT2D eigenvalue weighted by molar-refractivity contribution is -0.133. The fourth-order valence-corrected chi connectivity index (χ4v) is 3.01. The highest BCUT2D eigenvalue weighted by Crippen LogP contribution is 2.40. The van der Waals surface area contributed by atoms with Gasteiger partial charge in [-0.1, -0.05) is 0 Å². The Morgan fingerprint density at radius 3 is 2.24 bits per heavy atom. The third-order valence-electron chi connectivity index (χ3n) is 3.84. The molecule has 2 rings (SSSR count). The Morgan fingerprint density at radius 2 is 1.76 bits per heavy atom. The van der Waals surface area contributed by atoms with Crippen LogP contribution in [0.25, 0.3) is 0 Å². The molecule has 2 fully saturated rings. The van der Waals surface area contributed by atoms with Gasteiger partial charge in [-0.05, 0) is 40.5 Å². The molecule has 17 heavy (non-hydrogen) atoms. The number of rotatable bonds is 2. The van der Waals surface area contributed by atoms with Crippen LogP contribution in [0.2, 0.25) is 0 Å². The first-order valence-electron chi connectivity index (χ1n) is 6.66. The van der Waals surface area contributed by atoms with E-state index in [0.29, 0.717) is 18.6 Å². The molecule has 0 radical (unpaired) electrons.